The molecule has 112 valence electrons. The van der Waals surface area contributed by atoms with Crippen LogP contribution < -0.4 is 5.32 Å². The number of nitrogens with one attached hydrogen (secondary N) is 1. The molecule has 0 saturated carbocycles. The summed E-state index contributed by atoms with van der Waals surface area (Å²) in [6.45, 7) is 4.03. The van der Waals surface area contributed by atoms with E-state index >= 15 is 0 Å². The van der Waals surface area contributed by atoms with Gasteiger partial charge >= 0.3 is 12.1 Å². The van der Waals surface area contributed by atoms with Gasteiger partial charge in [0.15, 0.2) is 0 Å². The Bertz CT molecular complexity index is 474. The molecular weight excluding hydrogens is 271 g/mol. The summed E-state index contributed by atoms with van der Waals surface area (Å²) in [5, 5.41) is 12.0. The number of carboxylic acid groups (broad SMARTS) is 1. The molecule has 3 nitrogen and oxygen atoms in total. The molecule has 0 aliphatic rings. The lowest BCUT2D eigenvalue weighted by Crippen LogP contribution is -2.42. The van der Waals surface area contributed by atoms with Crippen LogP contribution in [0.3, 0.4) is 0 Å². The lowest BCUT2D eigenvalue weighted by Gasteiger charge is -2.30. The maximum absolute atomic E-state index is 12.7. The number of halogens is 3. The first-order chi connectivity index (χ1) is 9.19. The number of carboxylic acids is 1. The van der Waals surface area contributed by atoms with Crippen molar-refractivity contribution in [3.63, 3.8) is 0 Å². The number of aliphatic carboxylic acids is 1. The molecule has 1 rings (SSSR count). The van der Waals surface area contributed by atoms with E-state index in [2.05, 4.69) is 5.32 Å². The Kier molecular flexibility index (Phi) is 5.16. The molecule has 0 aliphatic heterocycles. The molecule has 2 N–H and O–H groups in total. The van der Waals surface area contributed by atoms with Crippen LogP contribution in [0, 0.1) is 0 Å². The van der Waals surface area contributed by atoms with Crippen LogP contribution in [0.2, 0.25) is 0 Å². The maximum Gasteiger partial charge on any atom is 0.416 e. The van der Waals surface area contributed by atoms with Gasteiger partial charge in [0.25, 0.3) is 0 Å². The molecule has 0 aromatic heterocycles. The first-order valence-electron chi connectivity index (χ1n) is 6.33. The Hall–Kier alpha value is -1.56. The third kappa shape index (κ3) is 4.23. The fraction of sp³-hybridized carbons (Fsp3) is 0.500. The van der Waals surface area contributed by atoms with Crippen LogP contribution >= 0.6 is 0 Å². The Morgan fingerprint density at radius 2 is 1.90 bits per heavy atom. The van der Waals surface area contributed by atoms with E-state index in [1.165, 1.54) is 12.1 Å². The predicted octanol–water partition coefficient (Wildman–Crippen LogP) is 3.39. The highest BCUT2D eigenvalue weighted by molar-refractivity contribution is 5.69. The van der Waals surface area contributed by atoms with Gasteiger partial charge in [-0.2, -0.15) is 13.2 Å². The summed E-state index contributed by atoms with van der Waals surface area (Å²) in [5.74, 6) is -1.06. The van der Waals surface area contributed by atoms with Crippen molar-refractivity contribution in [3.05, 3.63) is 35.4 Å². The van der Waals surface area contributed by atoms with Gasteiger partial charge in [-0.25, -0.2) is 0 Å². The fourth-order valence-corrected chi connectivity index (χ4v) is 2.01. The molecule has 1 aromatic carbocycles. The zero-order valence-electron chi connectivity index (χ0n) is 11.4. The van der Waals surface area contributed by atoms with Crippen molar-refractivity contribution >= 4 is 5.97 Å². The van der Waals surface area contributed by atoms with E-state index in [1.807, 2.05) is 6.92 Å². The second-order valence-corrected chi connectivity index (χ2v) is 4.91. The molecule has 1 aromatic rings. The van der Waals surface area contributed by atoms with Gasteiger partial charge in [0.2, 0.25) is 0 Å². The highest BCUT2D eigenvalue weighted by Crippen LogP contribution is 2.33. The minimum atomic E-state index is -4.44. The lowest BCUT2D eigenvalue weighted by atomic mass is 9.87. The molecule has 0 saturated heterocycles. The smallest absolute Gasteiger partial charge is 0.416 e. The second-order valence-electron chi connectivity index (χ2n) is 4.91. The zero-order chi connectivity index (χ0) is 15.4. The molecule has 0 heterocycles. The van der Waals surface area contributed by atoms with Crippen LogP contribution in [0.15, 0.2) is 24.3 Å². The molecule has 1 atom stereocenters. The molecule has 0 bridgehead atoms. The van der Waals surface area contributed by atoms with Gasteiger partial charge in [-0.1, -0.05) is 19.1 Å². The van der Waals surface area contributed by atoms with Gasteiger partial charge in [0.1, 0.15) is 0 Å². The summed E-state index contributed by atoms with van der Waals surface area (Å²) in [7, 11) is 0. The third-order valence-corrected chi connectivity index (χ3v) is 3.10. The average Bonchev–Trinajstić information content (AvgIpc) is 2.35. The van der Waals surface area contributed by atoms with Crippen molar-refractivity contribution in [2.45, 2.75) is 38.4 Å². The van der Waals surface area contributed by atoms with Crippen LogP contribution in [-0.2, 0) is 16.5 Å². The number of carbonyl (C=O) groups is 1. The molecule has 20 heavy (non-hydrogen) atoms. The lowest BCUT2D eigenvalue weighted by molar-refractivity contribution is -0.138. The van der Waals surface area contributed by atoms with Gasteiger partial charge in [0, 0.05) is 0 Å². The van der Waals surface area contributed by atoms with E-state index in [-0.39, 0.29) is 6.42 Å². The molecule has 0 spiro atoms. The van der Waals surface area contributed by atoms with Crippen LogP contribution in [0.1, 0.15) is 37.8 Å². The van der Waals surface area contributed by atoms with E-state index in [9.17, 15) is 18.0 Å². The minimum Gasteiger partial charge on any atom is -0.481 e. The van der Waals surface area contributed by atoms with Gasteiger partial charge in [-0.3, -0.25) is 4.79 Å². The Labute approximate surface area is 115 Å². The van der Waals surface area contributed by atoms with Gasteiger partial charge < -0.3 is 10.4 Å². The Balaban J connectivity index is 3.16. The summed E-state index contributed by atoms with van der Waals surface area (Å²) < 4.78 is 38.2. The average molecular weight is 289 g/mol. The molecule has 0 aliphatic carbocycles. The van der Waals surface area contributed by atoms with E-state index in [0.29, 0.717) is 12.1 Å². The highest BCUT2D eigenvalue weighted by Gasteiger charge is 2.34. The van der Waals surface area contributed by atoms with Crippen LogP contribution in [-0.4, -0.2) is 17.6 Å². The number of hydrogen-bond donors (Lipinski definition) is 2. The first kappa shape index (κ1) is 16.5. The monoisotopic (exact) mass is 289 g/mol. The molecule has 0 radical (unpaired) electrons. The van der Waals surface area contributed by atoms with E-state index < -0.39 is 23.2 Å². The normalized spacial score (nSPS) is 14.8. The van der Waals surface area contributed by atoms with Crippen molar-refractivity contribution in [2.24, 2.45) is 0 Å². The maximum atomic E-state index is 12.7. The molecular formula is C14H18F3NO2. The van der Waals surface area contributed by atoms with Crippen molar-refractivity contribution < 1.29 is 23.1 Å². The molecule has 0 amide bonds. The summed E-state index contributed by atoms with van der Waals surface area (Å²) in [4.78, 5) is 11.0. The SMILES string of the molecule is CCCNC(C)(CC(=O)O)c1cccc(C(F)(F)F)c1. The van der Waals surface area contributed by atoms with Crippen LogP contribution in [0.25, 0.3) is 0 Å². The van der Waals surface area contributed by atoms with Crippen molar-refractivity contribution in [1.82, 2.24) is 5.32 Å². The standard InChI is InChI=1S/C14H18F3NO2/c1-3-7-18-13(2,9-12(19)20)10-5-4-6-11(8-10)14(15,16)17/h4-6,8,18H,3,7,9H2,1-2H3,(H,19,20). The quantitative estimate of drug-likeness (QED) is 0.844. The summed E-state index contributed by atoms with van der Waals surface area (Å²) in [6, 6.07) is 4.79. The highest BCUT2D eigenvalue weighted by atomic mass is 19.4. The van der Waals surface area contributed by atoms with Gasteiger partial charge in [0.05, 0.1) is 17.5 Å². The largest absolute Gasteiger partial charge is 0.481 e. The number of hydrogen-bond acceptors (Lipinski definition) is 2. The van der Waals surface area contributed by atoms with Crippen molar-refractivity contribution in [2.75, 3.05) is 6.54 Å². The third-order valence-electron chi connectivity index (χ3n) is 3.10. The molecule has 0 fully saturated rings. The fourth-order valence-electron chi connectivity index (χ4n) is 2.01. The number of rotatable bonds is 6. The van der Waals surface area contributed by atoms with E-state index in [4.69, 9.17) is 5.11 Å². The van der Waals surface area contributed by atoms with Crippen molar-refractivity contribution in [3.8, 4) is 0 Å². The minimum absolute atomic E-state index is 0.283. The topological polar surface area (TPSA) is 49.3 Å². The summed E-state index contributed by atoms with van der Waals surface area (Å²) in [6.07, 6.45) is -3.96. The van der Waals surface area contributed by atoms with Gasteiger partial charge in [-0.15, -0.1) is 0 Å². The van der Waals surface area contributed by atoms with E-state index in [0.717, 1.165) is 18.6 Å². The number of alkyl halides is 3. The first-order valence-corrected chi connectivity index (χ1v) is 6.33. The summed E-state index contributed by atoms with van der Waals surface area (Å²) >= 11 is 0. The molecule has 6 heteroatoms. The Morgan fingerprint density at radius 3 is 2.40 bits per heavy atom. The Morgan fingerprint density at radius 1 is 1.30 bits per heavy atom. The van der Waals surface area contributed by atoms with Crippen LogP contribution in [0.5, 0.6) is 0 Å². The van der Waals surface area contributed by atoms with Crippen molar-refractivity contribution in [1.29, 1.82) is 0 Å². The van der Waals surface area contributed by atoms with E-state index in [1.54, 1.807) is 6.92 Å². The number of benzene rings is 1. The molecule has 1 unspecified atom stereocenters. The predicted molar refractivity (Wildman–Crippen MR) is 69.3 cm³/mol. The summed E-state index contributed by atoms with van der Waals surface area (Å²) in [5.41, 5.74) is -1.48. The van der Waals surface area contributed by atoms with Crippen LogP contribution in [0.4, 0.5) is 13.2 Å². The second kappa shape index (κ2) is 6.26. The zero-order valence-corrected chi connectivity index (χ0v) is 11.4. The van der Waals surface area contributed by atoms with Gasteiger partial charge in [-0.05, 0) is 37.6 Å².